The first-order chi connectivity index (χ1) is 13.7. The monoisotopic (exact) mass is 434 g/mol. The minimum Gasteiger partial charge on any atom is -0.457 e. The van der Waals surface area contributed by atoms with E-state index in [2.05, 4.69) is 33.4 Å². The molecule has 0 bridgehead atoms. The van der Waals surface area contributed by atoms with Crippen LogP contribution in [0.4, 0.5) is 0 Å². The van der Waals surface area contributed by atoms with Gasteiger partial charge < -0.3 is 9.73 Å². The zero-order valence-corrected chi connectivity index (χ0v) is 16.8. The van der Waals surface area contributed by atoms with E-state index in [9.17, 15) is 10.1 Å². The molecule has 3 aromatic rings. The van der Waals surface area contributed by atoms with Crippen LogP contribution < -0.4 is 5.32 Å². The molecule has 3 rings (SSSR count). The molecule has 0 aliphatic carbocycles. The van der Waals surface area contributed by atoms with Crippen LogP contribution in [-0.2, 0) is 11.2 Å². The lowest BCUT2D eigenvalue weighted by Gasteiger charge is -2.04. The zero-order valence-electron chi connectivity index (χ0n) is 15.2. The van der Waals surface area contributed by atoms with Gasteiger partial charge in [0.15, 0.2) is 0 Å². The van der Waals surface area contributed by atoms with Gasteiger partial charge in [-0.25, -0.2) is 0 Å². The van der Waals surface area contributed by atoms with Crippen molar-refractivity contribution in [3.63, 3.8) is 0 Å². The van der Waals surface area contributed by atoms with Crippen molar-refractivity contribution in [1.82, 2.24) is 5.32 Å². The van der Waals surface area contributed by atoms with Crippen molar-refractivity contribution in [1.29, 1.82) is 5.26 Å². The summed E-state index contributed by atoms with van der Waals surface area (Å²) in [5.74, 6) is 0.755. The van der Waals surface area contributed by atoms with E-state index in [0.717, 1.165) is 22.9 Å². The van der Waals surface area contributed by atoms with Gasteiger partial charge in [0.2, 0.25) is 0 Å². The van der Waals surface area contributed by atoms with Crippen molar-refractivity contribution in [3.05, 3.63) is 88.1 Å². The summed E-state index contributed by atoms with van der Waals surface area (Å²) in [4.78, 5) is 12.3. The number of hydrogen-bond acceptors (Lipinski definition) is 3. The molecule has 0 aliphatic heterocycles. The third kappa shape index (κ3) is 5.45. The molecule has 0 saturated heterocycles. The lowest BCUT2D eigenvalue weighted by Crippen LogP contribution is -2.25. The van der Waals surface area contributed by atoms with Crippen LogP contribution >= 0.6 is 15.9 Å². The van der Waals surface area contributed by atoms with Crippen molar-refractivity contribution in [2.75, 3.05) is 6.54 Å². The van der Waals surface area contributed by atoms with Gasteiger partial charge in [-0.2, -0.15) is 5.26 Å². The summed E-state index contributed by atoms with van der Waals surface area (Å²) in [6.45, 7) is 0.509. The summed E-state index contributed by atoms with van der Waals surface area (Å²) in [5, 5.41) is 12.1. The molecule has 28 heavy (non-hydrogen) atoms. The first-order valence-electron chi connectivity index (χ1n) is 8.95. The topological polar surface area (TPSA) is 66.0 Å². The Morgan fingerprint density at radius 2 is 1.82 bits per heavy atom. The summed E-state index contributed by atoms with van der Waals surface area (Å²) in [6.07, 6.45) is 3.15. The third-order valence-corrected chi connectivity index (χ3v) is 4.71. The van der Waals surface area contributed by atoms with Crippen LogP contribution in [0.15, 0.2) is 81.2 Å². The average Bonchev–Trinajstić information content (AvgIpc) is 3.19. The van der Waals surface area contributed by atoms with E-state index in [1.165, 1.54) is 11.6 Å². The molecule has 140 valence electrons. The Labute approximate surface area is 172 Å². The number of nitriles is 1. The number of nitrogens with one attached hydrogen (secondary N) is 1. The summed E-state index contributed by atoms with van der Waals surface area (Å²) in [6, 6.07) is 23.3. The summed E-state index contributed by atoms with van der Waals surface area (Å²) in [5.41, 5.74) is 2.17. The zero-order chi connectivity index (χ0) is 19.8. The molecule has 1 heterocycles. The number of nitrogens with zero attached hydrogens (tertiary/aromatic N) is 1. The molecule has 1 aromatic heterocycles. The lowest BCUT2D eigenvalue weighted by molar-refractivity contribution is -0.117. The summed E-state index contributed by atoms with van der Waals surface area (Å²) in [7, 11) is 0. The van der Waals surface area contributed by atoms with Crippen LogP contribution in [0, 0.1) is 11.3 Å². The third-order valence-electron chi connectivity index (χ3n) is 4.18. The number of carbonyl (C=O) groups excluding carboxylic acids is 1. The molecule has 0 saturated carbocycles. The second kappa shape index (κ2) is 9.72. The smallest absolute Gasteiger partial charge is 0.262 e. The quantitative estimate of drug-likeness (QED) is 0.309. The molecule has 0 spiro atoms. The maximum absolute atomic E-state index is 12.3. The van der Waals surface area contributed by atoms with Gasteiger partial charge in [-0.15, -0.1) is 0 Å². The van der Waals surface area contributed by atoms with E-state index in [4.69, 9.17) is 4.42 Å². The Morgan fingerprint density at radius 1 is 1.07 bits per heavy atom. The fourth-order valence-electron chi connectivity index (χ4n) is 2.72. The van der Waals surface area contributed by atoms with Gasteiger partial charge in [0.1, 0.15) is 23.2 Å². The number of hydrogen-bond donors (Lipinski definition) is 1. The van der Waals surface area contributed by atoms with Crippen LogP contribution in [0.25, 0.3) is 17.4 Å². The predicted molar refractivity (Wildman–Crippen MR) is 113 cm³/mol. The van der Waals surface area contributed by atoms with Crippen molar-refractivity contribution >= 4 is 27.9 Å². The molecule has 0 radical (unpaired) electrons. The van der Waals surface area contributed by atoms with Crippen molar-refractivity contribution in [3.8, 4) is 17.4 Å². The molecule has 0 aliphatic rings. The van der Waals surface area contributed by atoms with Crippen molar-refractivity contribution < 1.29 is 9.21 Å². The normalized spacial score (nSPS) is 11.1. The van der Waals surface area contributed by atoms with Gasteiger partial charge >= 0.3 is 0 Å². The summed E-state index contributed by atoms with van der Waals surface area (Å²) >= 11 is 3.40. The van der Waals surface area contributed by atoms with E-state index < -0.39 is 5.91 Å². The van der Waals surface area contributed by atoms with Gasteiger partial charge in [-0.3, -0.25) is 4.79 Å². The second-order valence-electron chi connectivity index (χ2n) is 6.22. The molecule has 0 atom stereocenters. The van der Waals surface area contributed by atoms with E-state index in [-0.39, 0.29) is 5.57 Å². The van der Waals surface area contributed by atoms with Crippen LogP contribution in [0.5, 0.6) is 0 Å². The van der Waals surface area contributed by atoms with Crippen molar-refractivity contribution in [2.24, 2.45) is 0 Å². The van der Waals surface area contributed by atoms with Gasteiger partial charge in [0.05, 0.1) is 0 Å². The highest BCUT2D eigenvalue weighted by Gasteiger charge is 2.10. The van der Waals surface area contributed by atoms with Gasteiger partial charge in [-0.05, 0) is 42.7 Å². The minimum atomic E-state index is -0.392. The number of amides is 1. The number of halogens is 1. The Hall–Kier alpha value is -3.10. The van der Waals surface area contributed by atoms with Crippen LogP contribution in [0.3, 0.4) is 0 Å². The highest BCUT2D eigenvalue weighted by molar-refractivity contribution is 9.10. The Balaban J connectivity index is 1.58. The molecule has 1 N–H and O–H groups in total. The maximum Gasteiger partial charge on any atom is 0.262 e. The van der Waals surface area contributed by atoms with E-state index in [1.807, 2.05) is 54.6 Å². The van der Waals surface area contributed by atoms with E-state index >= 15 is 0 Å². The predicted octanol–water partition coefficient (Wildman–Crippen LogP) is 5.37. The number of aryl methyl sites for hydroxylation is 1. The minimum absolute atomic E-state index is 0.0245. The summed E-state index contributed by atoms with van der Waals surface area (Å²) < 4.78 is 6.74. The van der Waals surface area contributed by atoms with Gasteiger partial charge in [0, 0.05) is 22.7 Å². The van der Waals surface area contributed by atoms with Crippen molar-refractivity contribution in [2.45, 2.75) is 12.8 Å². The number of benzene rings is 2. The van der Waals surface area contributed by atoms with E-state index in [0.29, 0.717) is 18.1 Å². The average molecular weight is 435 g/mol. The largest absolute Gasteiger partial charge is 0.457 e. The molecular formula is C23H19BrN2O2. The molecule has 1 amide bonds. The molecule has 2 aromatic carbocycles. The fraction of sp³-hybridized carbons (Fsp3) is 0.130. The molecule has 0 unspecified atom stereocenters. The second-order valence-corrected chi connectivity index (χ2v) is 7.14. The first kappa shape index (κ1) is 19.7. The Bertz CT molecular complexity index is 999. The SMILES string of the molecule is N#C/C(=C\c1ccc(-c2ccc(Br)cc2)o1)C(=O)NCCCc1ccccc1. The lowest BCUT2D eigenvalue weighted by atomic mass is 10.1. The molecule has 0 fully saturated rings. The molecule has 5 heteroatoms. The molecule has 4 nitrogen and oxygen atoms in total. The number of furan rings is 1. The Kier molecular flexibility index (Phi) is 6.83. The van der Waals surface area contributed by atoms with Crippen LogP contribution in [0.2, 0.25) is 0 Å². The number of carbonyl (C=O) groups is 1. The maximum atomic E-state index is 12.3. The van der Waals surface area contributed by atoms with Crippen LogP contribution in [-0.4, -0.2) is 12.5 Å². The van der Waals surface area contributed by atoms with Crippen LogP contribution in [0.1, 0.15) is 17.7 Å². The highest BCUT2D eigenvalue weighted by Crippen LogP contribution is 2.25. The highest BCUT2D eigenvalue weighted by atomic mass is 79.9. The van der Waals surface area contributed by atoms with E-state index in [1.54, 1.807) is 6.07 Å². The first-order valence-corrected chi connectivity index (χ1v) is 9.75. The fourth-order valence-corrected chi connectivity index (χ4v) is 2.99. The van der Waals surface area contributed by atoms with Gasteiger partial charge in [0.25, 0.3) is 5.91 Å². The standard InChI is InChI=1S/C23H19BrN2O2/c24-20-10-8-18(9-11-20)22-13-12-21(28-22)15-19(16-25)23(27)26-14-4-7-17-5-2-1-3-6-17/h1-3,5-6,8-13,15H,4,7,14H2,(H,26,27)/b19-15+. The Morgan fingerprint density at radius 3 is 2.54 bits per heavy atom. The number of rotatable bonds is 7. The molecular weight excluding hydrogens is 416 g/mol. The van der Waals surface area contributed by atoms with Gasteiger partial charge in [-0.1, -0.05) is 58.4 Å².